The van der Waals surface area contributed by atoms with Gasteiger partial charge in [-0.25, -0.2) is 0 Å². The van der Waals surface area contributed by atoms with Crippen molar-refractivity contribution in [2.45, 2.75) is 26.4 Å². The van der Waals surface area contributed by atoms with Crippen LogP contribution >= 0.6 is 7.60 Å². The highest BCUT2D eigenvalue weighted by atomic mass is 31.2. The van der Waals surface area contributed by atoms with Gasteiger partial charge in [-0.3, -0.25) is 9.09 Å². The van der Waals surface area contributed by atoms with Crippen LogP contribution in [0.1, 0.15) is 20.8 Å². The Labute approximate surface area is 67.9 Å². The van der Waals surface area contributed by atoms with E-state index in [1.807, 2.05) is 20.8 Å². The molecule has 0 saturated heterocycles. The van der Waals surface area contributed by atoms with Crippen molar-refractivity contribution in [2.75, 3.05) is 7.11 Å². The van der Waals surface area contributed by atoms with Gasteiger partial charge in [-0.2, -0.15) is 0 Å². The lowest BCUT2D eigenvalue weighted by atomic mass is 10.2. The molecule has 3 nitrogen and oxygen atoms in total. The maximum absolute atomic E-state index is 11.4. The van der Waals surface area contributed by atoms with Gasteiger partial charge < -0.3 is 4.52 Å². The Balaban J connectivity index is 4.33. The molecule has 0 aromatic heterocycles. The molecule has 0 aliphatic rings. The molecule has 0 radical (unpaired) electrons. The van der Waals surface area contributed by atoms with E-state index < -0.39 is 13.2 Å². The topological polar surface area (TPSA) is 35.5 Å². The second-order valence-corrected chi connectivity index (χ2v) is 5.10. The summed E-state index contributed by atoms with van der Waals surface area (Å²) in [4.78, 5) is 0. The highest BCUT2D eigenvalue weighted by Crippen LogP contribution is 2.51. The first kappa shape index (κ1) is 10.9. The van der Waals surface area contributed by atoms with Crippen LogP contribution in [0.25, 0.3) is 0 Å². The summed E-state index contributed by atoms with van der Waals surface area (Å²) in [6.07, 6.45) is 0. The van der Waals surface area contributed by atoms with Gasteiger partial charge in [0.25, 0.3) is 0 Å². The van der Waals surface area contributed by atoms with E-state index in [2.05, 4.69) is 11.1 Å². The molecular formula is C7H15O3P. The normalized spacial score (nSPS) is 17.5. The minimum atomic E-state index is -3.04. The summed E-state index contributed by atoms with van der Waals surface area (Å²) in [6.45, 7) is 8.80. The SMILES string of the molecule is C=CP(=O)(OC)OC(C)(C)C. The number of hydrogen-bond acceptors (Lipinski definition) is 3. The first-order valence-electron chi connectivity index (χ1n) is 3.33. The summed E-state index contributed by atoms with van der Waals surface area (Å²) in [6, 6.07) is 0. The van der Waals surface area contributed by atoms with Gasteiger partial charge in [0, 0.05) is 12.9 Å². The molecule has 0 aliphatic heterocycles. The Morgan fingerprint density at radius 2 is 1.91 bits per heavy atom. The highest BCUT2D eigenvalue weighted by molar-refractivity contribution is 7.57. The lowest BCUT2D eigenvalue weighted by Crippen LogP contribution is -2.17. The van der Waals surface area contributed by atoms with E-state index in [1.54, 1.807) is 0 Å². The van der Waals surface area contributed by atoms with Crippen molar-refractivity contribution in [3.05, 3.63) is 12.4 Å². The zero-order valence-electron chi connectivity index (χ0n) is 7.46. The van der Waals surface area contributed by atoms with Gasteiger partial charge in [-0.15, -0.1) is 0 Å². The van der Waals surface area contributed by atoms with Crippen molar-refractivity contribution in [3.8, 4) is 0 Å². The quantitative estimate of drug-likeness (QED) is 0.623. The van der Waals surface area contributed by atoms with Gasteiger partial charge in [0.05, 0.1) is 5.60 Å². The zero-order chi connectivity index (χ0) is 9.12. The molecule has 0 aromatic rings. The summed E-state index contributed by atoms with van der Waals surface area (Å²) in [5.74, 6) is 1.21. The minimum absolute atomic E-state index is 0.472. The zero-order valence-corrected chi connectivity index (χ0v) is 8.35. The second kappa shape index (κ2) is 3.53. The van der Waals surface area contributed by atoms with Crippen molar-refractivity contribution < 1.29 is 13.6 Å². The molecule has 4 heteroatoms. The van der Waals surface area contributed by atoms with Crippen LogP contribution in [-0.2, 0) is 13.6 Å². The average molecular weight is 178 g/mol. The molecule has 1 unspecified atom stereocenters. The van der Waals surface area contributed by atoms with Crippen molar-refractivity contribution in [1.82, 2.24) is 0 Å². The van der Waals surface area contributed by atoms with Crippen LogP contribution < -0.4 is 0 Å². The van der Waals surface area contributed by atoms with Gasteiger partial charge in [0.2, 0.25) is 0 Å². The predicted octanol–water partition coefficient (Wildman–Crippen LogP) is 2.78. The summed E-state index contributed by atoms with van der Waals surface area (Å²) in [5, 5.41) is 0. The predicted molar refractivity (Wildman–Crippen MR) is 45.7 cm³/mol. The van der Waals surface area contributed by atoms with Crippen LogP contribution in [0, 0.1) is 0 Å². The monoisotopic (exact) mass is 178 g/mol. The van der Waals surface area contributed by atoms with Gasteiger partial charge >= 0.3 is 7.60 Å². The Kier molecular flexibility index (Phi) is 3.49. The molecule has 66 valence electrons. The Morgan fingerprint density at radius 1 is 1.45 bits per heavy atom. The van der Waals surface area contributed by atoms with Crippen LogP contribution in [0.5, 0.6) is 0 Å². The lowest BCUT2D eigenvalue weighted by molar-refractivity contribution is 0.108. The molecular weight excluding hydrogens is 163 g/mol. The third kappa shape index (κ3) is 4.35. The Morgan fingerprint density at radius 3 is 2.00 bits per heavy atom. The highest BCUT2D eigenvalue weighted by Gasteiger charge is 2.25. The Hall–Kier alpha value is -0.110. The van der Waals surface area contributed by atoms with Crippen LogP contribution in [0.15, 0.2) is 12.4 Å². The van der Waals surface area contributed by atoms with E-state index in [-0.39, 0.29) is 0 Å². The van der Waals surface area contributed by atoms with E-state index in [1.165, 1.54) is 12.9 Å². The molecule has 1 atom stereocenters. The minimum Gasteiger partial charge on any atom is -0.309 e. The van der Waals surface area contributed by atoms with Crippen LogP contribution in [0.3, 0.4) is 0 Å². The lowest BCUT2D eigenvalue weighted by Gasteiger charge is -2.23. The van der Waals surface area contributed by atoms with Crippen LogP contribution in [-0.4, -0.2) is 12.7 Å². The van der Waals surface area contributed by atoms with Gasteiger partial charge in [-0.1, -0.05) is 6.58 Å². The molecule has 11 heavy (non-hydrogen) atoms. The van der Waals surface area contributed by atoms with E-state index in [9.17, 15) is 4.57 Å². The fourth-order valence-corrected chi connectivity index (χ4v) is 1.59. The molecule has 0 spiro atoms. The molecule has 0 N–H and O–H groups in total. The molecule has 0 heterocycles. The Bertz CT molecular complexity index is 181. The van der Waals surface area contributed by atoms with Gasteiger partial charge in [0.1, 0.15) is 0 Å². The maximum Gasteiger partial charge on any atom is 0.353 e. The van der Waals surface area contributed by atoms with Crippen LogP contribution in [0.2, 0.25) is 0 Å². The summed E-state index contributed by atoms with van der Waals surface area (Å²) in [7, 11) is -1.70. The molecule has 0 bridgehead atoms. The standard InChI is InChI=1S/C7H15O3P/c1-6-11(8,9-5)10-7(2,3)4/h6H,1H2,2-5H3. The summed E-state index contributed by atoms with van der Waals surface area (Å²) in [5.41, 5.74) is -0.472. The van der Waals surface area contributed by atoms with E-state index in [0.717, 1.165) is 0 Å². The van der Waals surface area contributed by atoms with E-state index >= 15 is 0 Å². The molecule has 0 aliphatic carbocycles. The second-order valence-electron chi connectivity index (χ2n) is 3.11. The first-order chi connectivity index (χ1) is 4.83. The molecule has 0 aromatic carbocycles. The molecule has 0 saturated carbocycles. The van der Waals surface area contributed by atoms with Crippen molar-refractivity contribution in [1.29, 1.82) is 0 Å². The molecule has 0 amide bonds. The third-order valence-corrected chi connectivity index (χ3v) is 2.64. The van der Waals surface area contributed by atoms with Crippen molar-refractivity contribution >= 4 is 7.60 Å². The third-order valence-electron chi connectivity index (χ3n) is 0.879. The fourth-order valence-electron chi connectivity index (χ4n) is 0.531. The van der Waals surface area contributed by atoms with E-state index in [0.29, 0.717) is 0 Å². The van der Waals surface area contributed by atoms with Crippen LogP contribution in [0.4, 0.5) is 0 Å². The summed E-state index contributed by atoms with van der Waals surface area (Å²) < 4.78 is 21.2. The van der Waals surface area contributed by atoms with E-state index in [4.69, 9.17) is 4.52 Å². The number of rotatable bonds is 3. The maximum atomic E-state index is 11.4. The number of hydrogen-bond donors (Lipinski definition) is 0. The van der Waals surface area contributed by atoms with Crippen molar-refractivity contribution in [2.24, 2.45) is 0 Å². The van der Waals surface area contributed by atoms with Crippen molar-refractivity contribution in [3.63, 3.8) is 0 Å². The van der Waals surface area contributed by atoms with Gasteiger partial charge in [-0.05, 0) is 20.8 Å². The van der Waals surface area contributed by atoms with Gasteiger partial charge in [0.15, 0.2) is 0 Å². The molecule has 0 fully saturated rings. The fraction of sp³-hybridized carbons (Fsp3) is 0.714. The first-order valence-corrected chi connectivity index (χ1v) is 4.94. The average Bonchev–Trinajstić information content (AvgIpc) is 1.84. The smallest absolute Gasteiger partial charge is 0.309 e. The largest absolute Gasteiger partial charge is 0.353 e. The molecule has 0 rings (SSSR count). The summed E-state index contributed by atoms with van der Waals surface area (Å²) >= 11 is 0.